The first-order valence-electron chi connectivity index (χ1n) is 8.16. The van der Waals surface area contributed by atoms with Gasteiger partial charge in [-0.3, -0.25) is 0 Å². The zero-order chi connectivity index (χ0) is 15.3. The van der Waals surface area contributed by atoms with Crippen molar-refractivity contribution in [3.63, 3.8) is 0 Å². The highest BCUT2D eigenvalue weighted by Gasteiger charge is 2.44. The van der Waals surface area contributed by atoms with E-state index in [0.717, 1.165) is 6.42 Å². The van der Waals surface area contributed by atoms with Crippen LogP contribution in [0.2, 0.25) is 0 Å². The molecule has 0 rings (SSSR count). The lowest BCUT2D eigenvalue weighted by Crippen LogP contribution is -2.46. The monoisotopic (exact) mass is 270 g/mol. The van der Waals surface area contributed by atoms with Crippen LogP contribution in [-0.2, 0) is 0 Å². The first-order valence-corrected chi connectivity index (χ1v) is 8.16. The van der Waals surface area contributed by atoms with Crippen molar-refractivity contribution in [3.05, 3.63) is 0 Å². The van der Waals surface area contributed by atoms with E-state index >= 15 is 0 Å². The van der Waals surface area contributed by atoms with Crippen molar-refractivity contribution in [2.45, 2.75) is 99.5 Å². The fourth-order valence-corrected chi connectivity index (χ4v) is 3.22. The summed E-state index contributed by atoms with van der Waals surface area (Å²) in [5.41, 5.74) is -0.271. The predicted molar refractivity (Wildman–Crippen MR) is 86.4 cm³/mol. The van der Waals surface area contributed by atoms with Gasteiger partial charge in [0.1, 0.15) is 0 Å². The van der Waals surface area contributed by atoms with Crippen LogP contribution >= 0.6 is 0 Å². The molecule has 19 heavy (non-hydrogen) atoms. The number of rotatable bonds is 8. The van der Waals surface area contributed by atoms with Crippen LogP contribution in [0, 0.1) is 16.7 Å². The SMILES string of the molecule is CCCCCCC(C)(C(C)CC(C)(C)C)C(C)(C)O. The maximum Gasteiger partial charge on any atom is 0.0647 e. The molecule has 0 amide bonds. The summed E-state index contributed by atoms with van der Waals surface area (Å²) in [4.78, 5) is 0. The third-order valence-corrected chi connectivity index (χ3v) is 4.95. The van der Waals surface area contributed by atoms with Crippen LogP contribution in [0.3, 0.4) is 0 Å². The Morgan fingerprint density at radius 3 is 1.79 bits per heavy atom. The summed E-state index contributed by atoms with van der Waals surface area (Å²) >= 11 is 0. The van der Waals surface area contributed by atoms with E-state index in [1.165, 1.54) is 32.1 Å². The molecule has 2 unspecified atom stereocenters. The minimum atomic E-state index is -0.607. The van der Waals surface area contributed by atoms with E-state index in [4.69, 9.17) is 0 Å². The third-order valence-electron chi connectivity index (χ3n) is 4.95. The fraction of sp³-hybridized carbons (Fsp3) is 1.00. The van der Waals surface area contributed by atoms with Crippen LogP contribution in [-0.4, -0.2) is 10.7 Å². The first-order chi connectivity index (χ1) is 8.44. The molecular weight excluding hydrogens is 232 g/mol. The highest BCUT2D eigenvalue weighted by molar-refractivity contribution is 4.94. The molecule has 0 bridgehead atoms. The Morgan fingerprint density at radius 2 is 1.42 bits per heavy atom. The van der Waals surface area contributed by atoms with Gasteiger partial charge in [0.25, 0.3) is 0 Å². The summed E-state index contributed by atoms with van der Waals surface area (Å²) in [5.74, 6) is 0.536. The van der Waals surface area contributed by atoms with Gasteiger partial charge < -0.3 is 5.11 Å². The zero-order valence-electron chi connectivity index (χ0n) is 14.8. The molecule has 1 heteroatoms. The lowest BCUT2D eigenvalue weighted by Gasteiger charge is -2.47. The summed E-state index contributed by atoms with van der Waals surface area (Å²) in [5, 5.41) is 10.7. The van der Waals surface area contributed by atoms with Gasteiger partial charge in [0.15, 0.2) is 0 Å². The second-order valence-electron chi connectivity index (χ2n) is 8.45. The minimum Gasteiger partial charge on any atom is -0.390 e. The minimum absolute atomic E-state index is 0.00796. The molecule has 0 radical (unpaired) electrons. The van der Waals surface area contributed by atoms with E-state index in [1.807, 2.05) is 13.8 Å². The van der Waals surface area contributed by atoms with Crippen LogP contribution in [0.1, 0.15) is 93.9 Å². The fourth-order valence-electron chi connectivity index (χ4n) is 3.22. The van der Waals surface area contributed by atoms with Gasteiger partial charge >= 0.3 is 0 Å². The molecule has 0 aliphatic heterocycles. The topological polar surface area (TPSA) is 20.2 Å². The number of unbranched alkanes of at least 4 members (excludes halogenated alkanes) is 3. The Labute approximate surface area is 122 Å². The quantitative estimate of drug-likeness (QED) is 0.552. The van der Waals surface area contributed by atoms with Crippen LogP contribution in [0.25, 0.3) is 0 Å². The standard InChI is InChI=1S/C18H38O/c1-9-10-11-12-13-18(8,17(6,7)19)15(2)14-16(3,4)5/h15,19H,9-14H2,1-8H3. The predicted octanol–water partition coefficient (Wildman–Crippen LogP) is 5.81. The normalized spacial score (nSPS) is 18.2. The molecule has 0 saturated heterocycles. The maximum absolute atomic E-state index is 10.7. The highest BCUT2D eigenvalue weighted by atomic mass is 16.3. The molecule has 0 fully saturated rings. The lowest BCUT2D eigenvalue weighted by atomic mass is 9.61. The smallest absolute Gasteiger partial charge is 0.0647 e. The van der Waals surface area contributed by atoms with Crippen molar-refractivity contribution in [1.29, 1.82) is 0 Å². The molecule has 0 heterocycles. The van der Waals surface area contributed by atoms with E-state index in [9.17, 15) is 5.11 Å². The van der Waals surface area contributed by atoms with E-state index < -0.39 is 5.60 Å². The van der Waals surface area contributed by atoms with E-state index in [0.29, 0.717) is 11.3 Å². The molecule has 0 aliphatic carbocycles. The van der Waals surface area contributed by atoms with Gasteiger partial charge in [0.05, 0.1) is 5.60 Å². The number of hydrogen-bond donors (Lipinski definition) is 1. The van der Waals surface area contributed by atoms with Gasteiger partial charge in [-0.1, -0.05) is 67.2 Å². The van der Waals surface area contributed by atoms with Crippen molar-refractivity contribution in [1.82, 2.24) is 0 Å². The molecule has 1 N–H and O–H groups in total. The van der Waals surface area contributed by atoms with Crippen molar-refractivity contribution < 1.29 is 5.11 Å². The number of hydrogen-bond acceptors (Lipinski definition) is 1. The first kappa shape index (κ1) is 19.0. The van der Waals surface area contributed by atoms with Gasteiger partial charge in [0, 0.05) is 0 Å². The van der Waals surface area contributed by atoms with Crippen LogP contribution in [0.4, 0.5) is 0 Å². The second kappa shape index (κ2) is 7.11. The molecule has 1 nitrogen and oxygen atoms in total. The van der Waals surface area contributed by atoms with Gasteiger partial charge in [-0.05, 0) is 43.4 Å². The molecule has 0 aromatic carbocycles. The van der Waals surface area contributed by atoms with Crippen molar-refractivity contribution >= 4 is 0 Å². The Morgan fingerprint density at radius 1 is 0.895 bits per heavy atom. The van der Waals surface area contributed by atoms with E-state index in [-0.39, 0.29) is 5.41 Å². The lowest BCUT2D eigenvalue weighted by molar-refractivity contribution is -0.0897. The molecule has 0 aliphatic rings. The van der Waals surface area contributed by atoms with Gasteiger partial charge in [-0.15, -0.1) is 0 Å². The summed E-state index contributed by atoms with van der Waals surface area (Å²) < 4.78 is 0. The molecule has 0 spiro atoms. The van der Waals surface area contributed by atoms with Crippen molar-refractivity contribution in [2.75, 3.05) is 0 Å². The van der Waals surface area contributed by atoms with Crippen molar-refractivity contribution in [2.24, 2.45) is 16.7 Å². The molecule has 0 saturated carbocycles. The van der Waals surface area contributed by atoms with Crippen LogP contribution in [0.15, 0.2) is 0 Å². The average molecular weight is 271 g/mol. The summed E-state index contributed by atoms with van der Waals surface area (Å²) in [6.07, 6.45) is 7.43. The molecular formula is C18H38O. The molecule has 0 aromatic heterocycles. The third kappa shape index (κ3) is 6.29. The van der Waals surface area contributed by atoms with E-state index in [2.05, 4.69) is 41.5 Å². The Balaban J connectivity index is 4.78. The van der Waals surface area contributed by atoms with Crippen molar-refractivity contribution in [3.8, 4) is 0 Å². The second-order valence-corrected chi connectivity index (χ2v) is 8.45. The summed E-state index contributed by atoms with van der Waals surface area (Å²) in [7, 11) is 0. The number of aliphatic hydroxyl groups is 1. The van der Waals surface area contributed by atoms with E-state index in [1.54, 1.807) is 0 Å². The van der Waals surface area contributed by atoms with Crippen LogP contribution < -0.4 is 0 Å². The maximum atomic E-state index is 10.7. The van der Waals surface area contributed by atoms with Gasteiger partial charge in [0.2, 0.25) is 0 Å². The van der Waals surface area contributed by atoms with Crippen LogP contribution in [0.5, 0.6) is 0 Å². The largest absolute Gasteiger partial charge is 0.390 e. The highest BCUT2D eigenvalue weighted by Crippen LogP contribution is 2.47. The summed E-state index contributed by atoms with van der Waals surface area (Å²) in [6.45, 7) is 17.7. The molecule has 0 aromatic rings. The Kier molecular flexibility index (Phi) is 7.09. The molecule has 2 atom stereocenters. The summed E-state index contributed by atoms with van der Waals surface area (Å²) in [6, 6.07) is 0. The molecule has 116 valence electrons. The van der Waals surface area contributed by atoms with Gasteiger partial charge in [-0.25, -0.2) is 0 Å². The van der Waals surface area contributed by atoms with Gasteiger partial charge in [-0.2, -0.15) is 0 Å². The Bertz CT molecular complexity index is 243. The zero-order valence-corrected chi connectivity index (χ0v) is 14.8. The Hall–Kier alpha value is -0.0400. The average Bonchev–Trinajstić information content (AvgIpc) is 2.19.